The standard InChI is InChI=1S/C20H20ClN5O3/c1-14-11-16(21)6-9-18(14)29-10-2-3-19(27)24-25-20(28)15-4-7-17(8-5-15)26-13-22-12-23-26/h4-9,11-13H,2-3,10H2,1H3,(H,24,27)(H,25,28). The number of ether oxygens (including phenoxy) is 1. The van der Waals surface area contributed by atoms with Gasteiger partial charge in [0.25, 0.3) is 5.91 Å². The Labute approximate surface area is 172 Å². The highest BCUT2D eigenvalue weighted by Gasteiger charge is 2.08. The third-order valence-electron chi connectivity index (χ3n) is 4.07. The minimum absolute atomic E-state index is 0.220. The lowest BCUT2D eigenvalue weighted by Gasteiger charge is -2.10. The van der Waals surface area contributed by atoms with Crippen LogP contribution in [0.25, 0.3) is 5.69 Å². The van der Waals surface area contributed by atoms with Crippen LogP contribution in [0.2, 0.25) is 5.02 Å². The van der Waals surface area contributed by atoms with Crippen molar-refractivity contribution in [3.63, 3.8) is 0 Å². The summed E-state index contributed by atoms with van der Waals surface area (Å²) < 4.78 is 7.22. The number of benzene rings is 2. The summed E-state index contributed by atoms with van der Waals surface area (Å²) >= 11 is 5.91. The molecule has 3 rings (SSSR count). The lowest BCUT2D eigenvalue weighted by molar-refractivity contribution is -0.122. The first-order valence-electron chi connectivity index (χ1n) is 8.96. The summed E-state index contributed by atoms with van der Waals surface area (Å²) in [5, 5.41) is 4.67. The molecule has 2 aromatic carbocycles. The molecule has 1 heterocycles. The van der Waals surface area contributed by atoms with Gasteiger partial charge >= 0.3 is 0 Å². The molecule has 1 aromatic heterocycles. The van der Waals surface area contributed by atoms with Crippen molar-refractivity contribution in [1.29, 1.82) is 0 Å². The van der Waals surface area contributed by atoms with Crippen LogP contribution in [-0.2, 0) is 4.79 Å². The maximum absolute atomic E-state index is 12.1. The SMILES string of the molecule is Cc1cc(Cl)ccc1OCCCC(=O)NNC(=O)c1ccc(-n2cncn2)cc1. The fraction of sp³-hybridized carbons (Fsp3) is 0.200. The summed E-state index contributed by atoms with van der Waals surface area (Å²) in [7, 11) is 0. The molecule has 0 fully saturated rings. The Morgan fingerprint density at radius 2 is 1.93 bits per heavy atom. The lowest BCUT2D eigenvalue weighted by atomic mass is 10.2. The maximum Gasteiger partial charge on any atom is 0.269 e. The number of nitrogens with zero attached hydrogens (tertiary/aromatic N) is 3. The van der Waals surface area contributed by atoms with Gasteiger partial charge in [0.2, 0.25) is 5.91 Å². The first kappa shape index (κ1) is 20.3. The average molecular weight is 414 g/mol. The molecule has 0 aliphatic rings. The van der Waals surface area contributed by atoms with Crippen LogP contribution in [0.3, 0.4) is 0 Å². The van der Waals surface area contributed by atoms with Gasteiger partial charge in [-0.25, -0.2) is 9.67 Å². The van der Waals surface area contributed by atoms with Gasteiger partial charge in [0.05, 0.1) is 12.3 Å². The number of hydrogen-bond acceptors (Lipinski definition) is 5. The molecule has 29 heavy (non-hydrogen) atoms. The zero-order chi connectivity index (χ0) is 20.6. The molecule has 8 nitrogen and oxygen atoms in total. The van der Waals surface area contributed by atoms with Crippen molar-refractivity contribution in [2.45, 2.75) is 19.8 Å². The Morgan fingerprint density at radius 1 is 1.14 bits per heavy atom. The highest BCUT2D eigenvalue weighted by Crippen LogP contribution is 2.21. The predicted octanol–water partition coefficient (Wildman–Crippen LogP) is 2.85. The van der Waals surface area contributed by atoms with Gasteiger partial charge in [-0.1, -0.05) is 11.6 Å². The van der Waals surface area contributed by atoms with E-state index in [4.69, 9.17) is 16.3 Å². The molecule has 0 spiro atoms. The van der Waals surface area contributed by atoms with E-state index in [0.717, 1.165) is 17.0 Å². The van der Waals surface area contributed by atoms with Crippen LogP contribution in [0.4, 0.5) is 0 Å². The van der Waals surface area contributed by atoms with E-state index < -0.39 is 5.91 Å². The summed E-state index contributed by atoms with van der Waals surface area (Å²) in [6, 6.07) is 12.1. The second-order valence-corrected chi connectivity index (χ2v) is 6.69. The quantitative estimate of drug-likeness (QED) is 0.458. The second kappa shape index (κ2) is 9.70. The fourth-order valence-corrected chi connectivity index (χ4v) is 2.78. The zero-order valence-electron chi connectivity index (χ0n) is 15.8. The summed E-state index contributed by atoms with van der Waals surface area (Å²) in [6.07, 6.45) is 3.72. The Morgan fingerprint density at radius 3 is 2.62 bits per heavy atom. The van der Waals surface area contributed by atoms with E-state index in [-0.39, 0.29) is 12.3 Å². The van der Waals surface area contributed by atoms with Gasteiger partial charge in [-0.2, -0.15) is 5.10 Å². The van der Waals surface area contributed by atoms with Gasteiger partial charge in [0, 0.05) is 17.0 Å². The van der Waals surface area contributed by atoms with Crippen molar-refractivity contribution >= 4 is 23.4 Å². The van der Waals surface area contributed by atoms with Crippen LogP contribution in [0.15, 0.2) is 55.1 Å². The zero-order valence-corrected chi connectivity index (χ0v) is 16.5. The van der Waals surface area contributed by atoms with Crippen molar-refractivity contribution in [3.8, 4) is 11.4 Å². The van der Waals surface area contributed by atoms with E-state index in [2.05, 4.69) is 20.9 Å². The molecule has 0 aliphatic carbocycles. The molecule has 9 heteroatoms. The van der Waals surface area contributed by atoms with E-state index in [1.54, 1.807) is 47.4 Å². The normalized spacial score (nSPS) is 10.4. The van der Waals surface area contributed by atoms with Gasteiger partial charge in [0.1, 0.15) is 18.4 Å². The van der Waals surface area contributed by atoms with Crippen molar-refractivity contribution in [2.24, 2.45) is 0 Å². The monoisotopic (exact) mass is 413 g/mol. The maximum atomic E-state index is 12.1. The minimum Gasteiger partial charge on any atom is -0.493 e. The molecule has 0 radical (unpaired) electrons. The summed E-state index contributed by atoms with van der Waals surface area (Å²) in [5.41, 5.74) is 6.92. The number of aromatic nitrogens is 3. The third kappa shape index (κ3) is 5.79. The Hall–Kier alpha value is -3.39. The number of carbonyl (C=O) groups excluding carboxylic acids is 2. The summed E-state index contributed by atoms with van der Waals surface area (Å²) in [6.45, 7) is 2.29. The molecular formula is C20H20ClN5O3. The highest BCUT2D eigenvalue weighted by atomic mass is 35.5. The Kier molecular flexibility index (Phi) is 6.80. The topological polar surface area (TPSA) is 98.1 Å². The van der Waals surface area contributed by atoms with E-state index in [1.807, 2.05) is 13.0 Å². The van der Waals surface area contributed by atoms with Crippen LogP contribution >= 0.6 is 11.6 Å². The summed E-state index contributed by atoms with van der Waals surface area (Å²) in [5.74, 6) is 0.0305. The van der Waals surface area contributed by atoms with E-state index in [1.165, 1.54) is 6.33 Å². The number of carbonyl (C=O) groups is 2. The molecule has 0 bridgehead atoms. The van der Waals surface area contributed by atoms with E-state index in [0.29, 0.717) is 23.6 Å². The van der Waals surface area contributed by atoms with Crippen LogP contribution in [-0.4, -0.2) is 33.2 Å². The van der Waals surface area contributed by atoms with Gasteiger partial charge in [-0.3, -0.25) is 20.4 Å². The van der Waals surface area contributed by atoms with Crippen molar-refractivity contribution in [3.05, 3.63) is 71.3 Å². The van der Waals surface area contributed by atoms with Crippen LogP contribution < -0.4 is 15.6 Å². The highest BCUT2D eigenvalue weighted by molar-refractivity contribution is 6.30. The smallest absolute Gasteiger partial charge is 0.269 e. The number of aryl methyl sites for hydroxylation is 1. The van der Waals surface area contributed by atoms with Crippen molar-refractivity contribution < 1.29 is 14.3 Å². The second-order valence-electron chi connectivity index (χ2n) is 6.25. The average Bonchev–Trinajstić information content (AvgIpc) is 3.25. The molecule has 0 atom stereocenters. The first-order valence-corrected chi connectivity index (χ1v) is 9.34. The molecule has 2 amide bonds. The Balaban J connectivity index is 1.38. The molecule has 150 valence electrons. The van der Waals surface area contributed by atoms with Gasteiger partial charge in [-0.05, 0) is 61.4 Å². The van der Waals surface area contributed by atoms with Gasteiger partial charge in [-0.15, -0.1) is 0 Å². The van der Waals surface area contributed by atoms with Crippen LogP contribution in [0.1, 0.15) is 28.8 Å². The van der Waals surface area contributed by atoms with Gasteiger partial charge < -0.3 is 4.74 Å². The van der Waals surface area contributed by atoms with Crippen LogP contribution in [0, 0.1) is 6.92 Å². The fourth-order valence-electron chi connectivity index (χ4n) is 2.56. The van der Waals surface area contributed by atoms with Crippen molar-refractivity contribution in [1.82, 2.24) is 25.6 Å². The molecule has 0 aliphatic heterocycles. The number of halogens is 1. The molecule has 0 saturated carbocycles. The van der Waals surface area contributed by atoms with E-state index in [9.17, 15) is 9.59 Å². The van der Waals surface area contributed by atoms with Crippen LogP contribution in [0.5, 0.6) is 5.75 Å². The largest absolute Gasteiger partial charge is 0.493 e. The molecule has 0 unspecified atom stereocenters. The molecular weight excluding hydrogens is 394 g/mol. The number of nitrogens with one attached hydrogen (secondary N) is 2. The first-order chi connectivity index (χ1) is 14.0. The predicted molar refractivity (Wildman–Crippen MR) is 108 cm³/mol. The van der Waals surface area contributed by atoms with Crippen molar-refractivity contribution in [2.75, 3.05) is 6.61 Å². The minimum atomic E-state index is -0.406. The Bertz CT molecular complexity index is 974. The molecule has 0 saturated heterocycles. The molecule has 2 N–H and O–H groups in total. The number of rotatable bonds is 7. The molecule has 3 aromatic rings. The van der Waals surface area contributed by atoms with E-state index >= 15 is 0 Å². The van der Waals surface area contributed by atoms with Gasteiger partial charge in [0.15, 0.2) is 0 Å². The number of amides is 2. The number of hydrazine groups is 1. The third-order valence-corrected chi connectivity index (χ3v) is 4.31. The summed E-state index contributed by atoms with van der Waals surface area (Å²) in [4.78, 5) is 27.9. The lowest BCUT2D eigenvalue weighted by Crippen LogP contribution is -2.41. The number of hydrogen-bond donors (Lipinski definition) is 2.